The van der Waals surface area contributed by atoms with Crippen LogP contribution in [0.15, 0.2) is 17.0 Å². The van der Waals surface area contributed by atoms with Crippen LogP contribution in [0.3, 0.4) is 0 Å². The Morgan fingerprint density at radius 1 is 1.41 bits per heavy atom. The fraction of sp³-hybridized carbons (Fsp3) is 0.600. The highest BCUT2D eigenvalue weighted by molar-refractivity contribution is 7.89. The van der Waals surface area contributed by atoms with Crippen molar-refractivity contribution in [2.75, 3.05) is 18.0 Å². The van der Waals surface area contributed by atoms with Crippen LogP contribution >= 0.6 is 0 Å². The van der Waals surface area contributed by atoms with Crippen LogP contribution in [0.25, 0.3) is 0 Å². The number of hydrogen-bond acceptors (Lipinski definition) is 4. The van der Waals surface area contributed by atoms with Crippen LogP contribution < -0.4 is 10.0 Å². The topological polar surface area (TPSA) is 83.6 Å². The van der Waals surface area contributed by atoms with Crippen molar-refractivity contribution in [3.63, 3.8) is 0 Å². The predicted octanol–water partition coefficient (Wildman–Crippen LogP) is 1.52. The molecule has 0 spiro atoms. The average Bonchev–Trinajstić information content (AvgIpc) is 3.25. The number of primary sulfonamides is 1. The van der Waals surface area contributed by atoms with Crippen molar-refractivity contribution in [1.29, 1.82) is 0 Å². The van der Waals surface area contributed by atoms with Gasteiger partial charge in [-0.15, -0.1) is 0 Å². The molecule has 2 aliphatic rings. The van der Waals surface area contributed by atoms with Crippen molar-refractivity contribution in [2.24, 2.45) is 11.1 Å². The zero-order chi connectivity index (χ0) is 16.1. The van der Waals surface area contributed by atoms with E-state index in [0.29, 0.717) is 24.9 Å². The lowest BCUT2D eigenvalue weighted by Gasteiger charge is -2.41. The van der Waals surface area contributed by atoms with Crippen LogP contribution in [0.4, 0.5) is 10.1 Å². The molecule has 7 heteroatoms. The third-order valence-electron chi connectivity index (χ3n) is 4.73. The SMILES string of the molecule is Cc1ccc(S(N)(=O)=O)c(N2CCCC(O)(C3CC3)C2)c1F. The summed E-state index contributed by atoms with van der Waals surface area (Å²) < 4.78 is 38.2. The summed E-state index contributed by atoms with van der Waals surface area (Å²) in [4.78, 5) is 1.43. The minimum atomic E-state index is -4.03. The summed E-state index contributed by atoms with van der Waals surface area (Å²) in [7, 11) is -4.03. The van der Waals surface area contributed by atoms with Crippen molar-refractivity contribution in [2.45, 2.75) is 43.1 Å². The molecule has 3 N–H and O–H groups in total. The lowest BCUT2D eigenvalue weighted by molar-refractivity contribution is 0.00413. The third-order valence-corrected chi connectivity index (χ3v) is 5.68. The van der Waals surface area contributed by atoms with Crippen LogP contribution in [0, 0.1) is 18.7 Å². The van der Waals surface area contributed by atoms with E-state index in [9.17, 15) is 17.9 Å². The summed E-state index contributed by atoms with van der Waals surface area (Å²) in [5, 5.41) is 16.0. The van der Waals surface area contributed by atoms with Crippen molar-refractivity contribution < 1.29 is 17.9 Å². The Kier molecular flexibility index (Phi) is 3.70. The number of nitrogens with two attached hydrogens (primary N) is 1. The highest BCUT2D eigenvalue weighted by atomic mass is 32.2. The minimum absolute atomic E-state index is 0.00118. The maximum atomic E-state index is 14.6. The van der Waals surface area contributed by atoms with Crippen LogP contribution in [0.1, 0.15) is 31.2 Å². The number of nitrogens with zero attached hydrogens (tertiary/aromatic N) is 1. The minimum Gasteiger partial charge on any atom is -0.388 e. The third kappa shape index (κ3) is 2.73. The van der Waals surface area contributed by atoms with E-state index in [0.717, 1.165) is 12.8 Å². The van der Waals surface area contributed by atoms with Gasteiger partial charge in [0.05, 0.1) is 11.3 Å². The Bertz CT molecular complexity index is 703. The number of β-amino-alcohol motifs (C(OH)–C–C–N with tert-alkyl or cyclic N) is 1. The molecule has 3 rings (SSSR count). The molecule has 5 nitrogen and oxygen atoms in total. The molecule has 1 heterocycles. The molecule has 1 aliphatic carbocycles. The number of halogens is 1. The molecule has 1 unspecified atom stereocenters. The molecule has 1 aliphatic heterocycles. The molecule has 1 atom stereocenters. The van der Waals surface area contributed by atoms with Crippen LogP contribution in [0.2, 0.25) is 0 Å². The molecule has 1 aromatic carbocycles. The number of piperidine rings is 1. The van der Waals surface area contributed by atoms with Gasteiger partial charge in [-0.05, 0) is 50.2 Å². The second-order valence-corrected chi connectivity index (χ2v) is 8.02. The van der Waals surface area contributed by atoms with Crippen molar-refractivity contribution in [3.05, 3.63) is 23.5 Å². The average molecular weight is 328 g/mol. The second kappa shape index (κ2) is 5.18. The summed E-state index contributed by atoms with van der Waals surface area (Å²) in [5.74, 6) is -0.340. The van der Waals surface area contributed by atoms with E-state index in [-0.39, 0.29) is 23.0 Å². The van der Waals surface area contributed by atoms with E-state index in [2.05, 4.69) is 0 Å². The molecule has 1 aromatic rings. The largest absolute Gasteiger partial charge is 0.388 e. The summed E-state index contributed by atoms with van der Waals surface area (Å²) in [6.07, 6.45) is 3.32. The number of aliphatic hydroxyl groups is 1. The quantitative estimate of drug-likeness (QED) is 0.881. The molecule has 1 saturated carbocycles. The van der Waals surface area contributed by atoms with Crippen LogP contribution in [-0.2, 0) is 10.0 Å². The van der Waals surface area contributed by atoms with E-state index >= 15 is 0 Å². The molecule has 0 aromatic heterocycles. The lowest BCUT2D eigenvalue weighted by Crippen LogP contribution is -2.50. The number of benzene rings is 1. The first-order valence-electron chi connectivity index (χ1n) is 7.51. The van der Waals surface area contributed by atoms with Gasteiger partial charge in [-0.3, -0.25) is 0 Å². The number of anilines is 1. The van der Waals surface area contributed by atoms with E-state index < -0.39 is 21.4 Å². The first-order chi connectivity index (χ1) is 10.2. The van der Waals surface area contributed by atoms with E-state index in [4.69, 9.17) is 5.14 Å². The van der Waals surface area contributed by atoms with Gasteiger partial charge in [0.1, 0.15) is 4.90 Å². The van der Waals surface area contributed by atoms with Gasteiger partial charge >= 0.3 is 0 Å². The van der Waals surface area contributed by atoms with Gasteiger partial charge in [-0.2, -0.15) is 0 Å². The highest BCUT2D eigenvalue weighted by Gasteiger charge is 2.46. The zero-order valence-electron chi connectivity index (χ0n) is 12.5. The van der Waals surface area contributed by atoms with Gasteiger partial charge < -0.3 is 10.0 Å². The molecule has 122 valence electrons. The van der Waals surface area contributed by atoms with Crippen LogP contribution in [-0.4, -0.2) is 32.2 Å². The molecule has 0 bridgehead atoms. The lowest BCUT2D eigenvalue weighted by atomic mass is 9.87. The Morgan fingerprint density at radius 3 is 2.68 bits per heavy atom. The first-order valence-corrected chi connectivity index (χ1v) is 9.06. The smallest absolute Gasteiger partial charge is 0.240 e. The number of hydrogen-bond donors (Lipinski definition) is 2. The molecule has 2 fully saturated rings. The zero-order valence-corrected chi connectivity index (χ0v) is 13.4. The summed E-state index contributed by atoms with van der Waals surface area (Å²) in [6, 6.07) is 2.75. The summed E-state index contributed by atoms with van der Waals surface area (Å²) >= 11 is 0. The van der Waals surface area contributed by atoms with Crippen molar-refractivity contribution in [1.82, 2.24) is 0 Å². The van der Waals surface area contributed by atoms with E-state index in [1.54, 1.807) is 11.8 Å². The fourth-order valence-corrected chi connectivity index (χ4v) is 4.13. The molecule has 22 heavy (non-hydrogen) atoms. The van der Waals surface area contributed by atoms with Gasteiger partial charge in [0, 0.05) is 13.1 Å². The van der Waals surface area contributed by atoms with Gasteiger partial charge in [-0.1, -0.05) is 6.07 Å². The normalized spacial score (nSPS) is 26.3. The Labute approximate surface area is 130 Å². The molecule has 0 radical (unpaired) electrons. The summed E-state index contributed by atoms with van der Waals surface area (Å²) in [5.41, 5.74) is -0.492. The number of rotatable bonds is 3. The maximum absolute atomic E-state index is 14.6. The monoisotopic (exact) mass is 328 g/mol. The Balaban J connectivity index is 2.05. The number of aryl methyl sites for hydroxylation is 1. The predicted molar refractivity (Wildman–Crippen MR) is 81.6 cm³/mol. The fourth-order valence-electron chi connectivity index (χ4n) is 3.38. The Hall–Kier alpha value is -1.18. The van der Waals surface area contributed by atoms with Gasteiger partial charge in [0.25, 0.3) is 0 Å². The maximum Gasteiger partial charge on any atom is 0.240 e. The second-order valence-electron chi connectivity index (χ2n) is 6.49. The molecule has 1 saturated heterocycles. The molecular weight excluding hydrogens is 307 g/mol. The van der Waals surface area contributed by atoms with Crippen molar-refractivity contribution >= 4 is 15.7 Å². The number of sulfonamides is 1. The van der Waals surface area contributed by atoms with Gasteiger partial charge in [0.15, 0.2) is 5.82 Å². The molecular formula is C15H21FN2O3S. The van der Waals surface area contributed by atoms with Gasteiger partial charge in [-0.25, -0.2) is 17.9 Å². The standard InChI is InChI=1S/C15H21FN2O3S/c1-10-3-6-12(22(17,20)21)14(13(10)16)18-8-2-7-15(19,9-18)11-4-5-11/h3,6,11,19H,2,4-5,7-9H2,1H3,(H2,17,20,21). The molecule has 0 amide bonds. The van der Waals surface area contributed by atoms with Crippen LogP contribution in [0.5, 0.6) is 0 Å². The first kappa shape index (κ1) is 15.7. The van der Waals surface area contributed by atoms with E-state index in [1.807, 2.05) is 0 Å². The van der Waals surface area contributed by atoms with E-state index in [1.165, 1.54) is 12.1 Å². The summed E-state index contributed by atoms with van der Waals surface area (Å²) in [6.45, 7) is 2.35. The van der Waals surface area contributed by atoms with Gasteiger partial charge in [0.2, 0.25) is 10.0 Å². The Morgan fingerprint density at radius 2 is 2.09 bits per heavy atom. The van der Waals surface area contributed by atoms with Crippen molar-refractivity contribution in [3.8, 4) is 0 Å². The highest BCUT2D eigenvalue weighted by Crippen LogP contribution is 2.45.